The number of amides is 1. The van der Waals surface area contributed by atoms with E-state index in [4.69, 9.17) is 4.74 Å². The van der Waals surface area contributed by atoms with E-state index in [2.05, 4.69) is 36.1 Å². The number of nitrogens with zero attached hydrogens (tertiary/aromatic N) is 2. The normalized spacial score (nSPS) is 26.5. The van der Waals surface area contributed by atoms with Gasteiger partial charge in [0.25, 0.3) is 0 Å². The van der Waals surface area contributed by atoms with E-state index in [1.54, 1.807) is 0 Å². The van der Waals surface area contributed by atoms with Crippen LogP contribution in [0.25, 0.3) is 0 Å². The molecule has 4 nitrogen and oxygen atoms in total. The number of carbonyl (C=O) groups excluding carboxylic acids is 1. The minimum atomic E-state index is -0.0505. The van der Waals surface area contributed by atoms with Crippen LogP contribution >= 0.6 is 0 Å². The number of ether oxygens (including phenoxy) is 1. The van der Waals surface area contributed by atoms with Crippen LogP contribution in [0, 0.1) is 6.92 Å². The third-order valence-corrected chi connectivity index (χ3v) is 5.88. The molecule has 1 aromatic rings. The van der Waals surface area contributed by atoms with Gasteiger partial charge in [-0.05, 0) is 44.8 Å². The van der Waals surface area contributed by atoms with Gasteiger partial charge in [0.15, 0.2) is 0 Å². The first kappa shape index (κ1) is 16.1. The monoisotopic (exact) mass is 328 g/mol. The number of rotatable bonds is 3. The fraction of sp³-hybridized carbons (Fsp3) is 0.650. The maximum absolute atomic E-state index is 12.5. The molecule has 0 aromatic heterocycles. The van der Waals surface area contributed by atoms with Crippen LogP contribution in [-0.2, 0) is 16.0 Å². The molecule has 1 aromatic carbocycles. The van der Waals surface area contributed by atoms with Crippen molar-refractivity contribution in [2.75, 3.05) is 32.8 Å². The number of likely N-dealkylation sites (tertiary alicyclic amines) is 2. The Kier molecular flexibility index (Phi) is 4.35. The number of hydrogen-bond donors (Lipinski definition) is 0. The summed E-state index contributed by atoms with van der Waals surface area (Å²) in [4.78, 5) is 17.0. The summed E-state index contributed by atoms with van der Waals surface area (Å²) in [6, 6.07) is 8.83. The van der Waals surface area contributed by atoms with Crippen LogP contribution in [0.15, 0.2) is 24.3 Å². The standard InChI is InChI=1S/C20H28N2O2/c1-16-5-7-17(8-6-16)11-19(23)22-14-20(15-22)12-18(13-24-20)21-9-3-2-4-10-21/h5-8,18H,2-4,9-15H2,1H3. The molecule has 1 unspecified atom stereocenters. The molecule has 1 atom stereocenters. The van der Waals surface area contributed by atoms with Crippen LogP contribution in [0.2, 0.25) is 0 Å². The summed E-state index contributed by atoms with van der Waals surface area (Å²) in [6.45, 7) is 6.92. The summed E-state index contributed by atoms with van der Waals surface area (Å²) in [5.41, 5.74) is 2.28. The quantitative estimate of drug-likeness (QED) is 0.854. The first-order valence-corrected chi connectivity index (χ1v) is 9.35. The van der Waals surface area contributed by atoms with E-state index in [0.717, 1.165) is 31.7 Å². The predicted octanol–water partition coefficient (Wildman–Crippen LogP) is 2.39. The Hall–Kier alpha value is -1.39. The van der Waals surface area contributed by atoms with E-state index in [-0.39, 0.29) is 11.5 Å². The second-order valence-electron chi connectivity index (χ2n) is 7.86. The molecule has 1 spiro atoms. The van der Waals surface area contributed by atoms with E-state index in [0.29, 0.717) is 12.5 Å². The van der Waals surface area contributed by atoms with Crippen molar-refractivity contribution in [1.29, 1.82) is 0 Å². The molecular formula is C20H28N2O2. The molecule has 1 amide bonds. The molecule has 0 N–H and O–H groups in total. The zero-order chi connectivity index (χ0) is 16.6. The highest BCUT2D eigenvalue weighted by Crippen LogP contribution is 2.37. The van der Waals surface area contributed by atoms with Gasteiger partial charge in [0.1, 0.15) is 5.60 Å². The molecule has 3 saturated heterocycles. The van der Waals surface area contributed by atoms with Gasteiger partial charge in [0.2, 0.25) is 5.91 Å². The molecule has 3 aliphatic rings. The molecule has 0 radical (unpaired) electrons. The fourth-order valence-corrected chi connectivity index (χ4v) is 4.38. The first-order valence-electron chi connectivity index (χ1n) is 9.35. The summed E-state index contributed by atoms with van der Waals surface area (Å²) in [5, 5.41) is 0. The highest BCUT2D eigenvalue weighted by molar-refractivity contribution is 5.80. The van der Waals surface area contributed by atoms with Crippen molar-refractivity contribution in [1.82, 2.24) is 9.80 Å². The van der Waals surface area contributed by atoms with E-state index < -0.39 is 0 Å². The molecule has 4 heteroatoms. The van der Waals surface area contributed by atoms with Gasteiger partial charge >= 0.3 is 0 Å². The van der Waals surface area contributed by atoms with E-state index in [1.165, 1.54) is 37.9 Å². The molecule has 0 saturated carbocycles. The summed E-state index contributed by atoms with van der Waals surface area (Å²) >= 11 is 0. The third-order valence-electron chi connectivity index (χ3n) is 5.88. The van der Waals surface area contributed by atoms with Gasteiger partial charge in [-0.2, -0.15) is 0 Å². The molecule has 130 valence electrons. The van der Waals surface area contributed by atoms with Gasteiger partial charge in [-0.25, -0.2) is 0 Å². The molecular weight excluding hydrogens is 300 g/mol. The van der Waals surface area contributed by atoms with Crippen LogP contribution in [0.3, 0.4) is 0 Å². The minimum absolute atomic E-state index is 0.0505. The largest absolute Gasteiger partial charge is 0.370 e. The van der Waals surface area contributed by atoms with Crippen molar-refractivity contribution in [3.8, 4) is 0 Å². The van der Waals surface area contributed by atoms with Crippen molar-refractivity contribution >= 4 is 5.91 Å². The topological polar surface area (TPSA) is 32.8 Å². The summed E-state index contributed by atoms with van der Waals surface area (Å²) in [5.74, 6) is 0.231. The van der Waals surface area contributed by atoms with Gasteiger partial charge in [0, 0.05) is 6.04 Å². The zero-order valence-corrected chi connectivity index (χ0v) is 14.7. The molecule has 0 aliphatic carbocycles. The Bertz CT molecular complexity index is 586. The molecule has 24 heavy (non-hydrogen) atoms. The lowest BCUT2D eigenvalue weighted by atomic mass is 9.88. The van der Waals surface area contributed by atoms with Crippen molar-refractivity contribution in [3.63, 3.8) is 0 Å². The Morgan fingerprint density at radius 2 is 1.88 bits per heavy atom. The third kappa shape index (κ3) is 3.22. The molecule has 3 aliphatic heterocycles. The van der Waals surface area contributed by atoms with Crippen LogP contribution in [0.4, 0.5) is 0 Å². The number of piperidine rings is 1. The fourth-order valence-electron chi connectivity index (χ4n) is 4.38. The van der Waals surface area contributed by atoms with Gasteiger partial charge in [-0.1, -0.05) is 36.2 Å². The van der Waals surface area contributed by atoms with Crippen LogP contribution in [0.1, 0.15) is 36.8 Å². The van der Waals surface area contributed by atoms with Gasteiger partial charge in [-0.15, -0.1) is 0 Å². The average molecular weight is 328 g/mol. The smallest absolute Gasteiger partial charge is 0.227 e. The Balaban J connectivity index is 1.28. The maximum atomic E-state index is 12.5. The Morgan fingerprint density at radius 3 is 2.58 bits per heavy atom. The van der Waals surface area contributed by atoms with Crippen LogP contribution in [-0.4, -0.2) is 60.1 Å². The van der Waals surface area contributed by atoms with E-state index in [1.807, 2.05) is 4.90 Å². The average Bonchev–Trinajstić information content (AvgIpc) is 3.02. The summed E-state index contributed by atoms with van der Waals surface area (Å²) < 4.78 is 6.15. The lowest BCUT2D eigenvalue weighted by Crippen LogP contribution is -2.63. The summed E-state index contributed by atoms with van der Waals surface area (Å²) in [6.07, 6.45) is 5.62. The molecule has 0 bridgehead atoms. The predicted molar refractivity (Wildman–Crippen MR) is 94.0 cm³/mol. The highest BCUT2D eigenvalue weighted by atomic mass is 16.5. The van der Waals surface area contributed by atoms with E-state index in [9.17, 15) is 4.79 Å². The highest BCUT2D eigenvalue weighted by Gasteiger charge is 2.52. The zero-order valence-electron chi connectivity index (χ0n) is 14.7. The van der Waals surface area contributed by atoms with Crippen molar-refractivity contribution in [3.05, 3.63) is 35.4 Å². The molecule has 3 heterocycles. The van der Waals surface area contributed by atoms with Crippen molar-refractivity contribution < 1.29 is 9.53 Å². The van der Waals surface area contributed by atoms with Gasteiger partial charge < -0.3 is 9.64 Å². The minimum Gasteiger partial charge on any atom is -0.370 e. The molecule has 4 rings (SSSR count). The van der Waals surface area contributed by atoms with Crippen molar-refractivity contribution in [2.24, 2.45) is 0 Å². The van der Waals surface area contributed by atoms with Crippen LogP contribution in [0.5, 0.6) is 0 Å². The number of carbonyl (C=O) groups is 1. The SMILES string of the molecule is Cc1ccc(CC(=O)N2CC3(CC(N4CCCCC4)CO3)C2)cc1. The van der Waals surface area contributed by atoms with Crippen molar-refractivity contribution in [2.45, 2.75) is 50.7 Å². The Labute approximate surface area is 144 Å². The second-order valence-corrected chi connectivity index (χ2v) is 7.86. The van der Waals surface area contributed by atoms with Gasteiger partial charge in [-0.3, -0.25) is 9.69 Å². The lowest BCUT2D eigenvalue weighted by Gasteiger charge is -2.47. The summed E-state index contributed by atoms with van der Waals surface area (Å²) in [7, 11) is 0. The first-order chi connectivity index (χ1) is 11.6. The Morgan fingerprint density at radius 1 is 1.17 bits per heavy atom. The number of benzene rings is 1. The van der Waals surface area contributed by atoms with Crippen LogP contribution < -0.4 is 0 Å². The maximum Gasteiger partial charge on any atom is 0.227 e. The molecule has 3 fully saturated rings. The lowest BCUT2D eigenvalue weighted by molar-refractivity contribution is -0.157. The van der Waals surface area contributed by atoms with Gasteiger partial charge in [0.05, 0.1) is 26.1 Å². The second kappa shape index (κ2) is 6.49. The number of aryl methyl sites for hydroxylation is 1. The number of hydrogen-bond acceptors (Lipinski definition) is 3. The van der Waals surface area contributed by atoms with E-state index >= 15 is 0 Å².